The van der Waals surface area contributed by atoms with Gasteiger partial charge >= 0.3 is 0 Å². The van der Waals surface area contributed by atoms with Crippen molar-refractivity contribution in [2.45, 2.75) is 4.90 Å². The van der Waals surface area contributed by atoms with Gasteiger partial charge in [0.2, 0.25) is 0 Å². The van der Waals surface area contributed by atoms with Crippen molar-refractivity contribution in [3.05, 3.63) is 78.9 Å². The summed E-state index contributed by atoms with van der Waals surface area (Å²) in [7, 11) is 0. The zero-order valence-electron chi connectivity index (χ0n) is 12.4. The van der Waals surface area contributed by atoms with Crippen molar-refractivity contribution in [2.75, 3.05) is 11.5 Å². The molecule has 23 heavy (non-hydrogen) atoms. The highest BCUT2D eigenvalue weighted by atomic mass is 32.2. The molecule has 0 fully saturated rings. The van der Waals surface area contributed by atoms with Gasteiger partial charge in [-0.2, -0.15) is 0 Å². The average molecular weight is 325 g/mol. The predicted octanol–water partition coefficient (Wildman–Crippen LogP) is 3.44. The molecule has 0 saturated carbocycles. The number of nitrogens with two attached hydrogens (primary N) is 2. The summed E-state index contributed by atoms with van der Waals surface area (Å²) in [6.07, 6.45) is 0. The van der Waals surface area contributed by atoms with Gasteiger partial charge in [-0.3, -0.25) is 4.21 Å². The maximum absolute atomic E-state index is 10.2. The molecule has 0 aliphatic carbocycles. The minimum Gasteiger partial charge on any atom is -0.768 e. The Hall–Kier alpha value is -2.63. The Kier molecular flexibility index (Phi) is 5.91. The number of anilines is 2. The second kappa shape index (κ2) is 8.12. The maximum atomic E-state index is 10.2. The summed E-state index contributed by atoms with van der Waals surface area (Å²) >= 11 is -2.08. The third kappa shape index (κ3) is 5.25. The van der Waals surface area contributed by atoms with Gasteiger partial charge in [-0.1, -0.05) is 42.5 Å². The first-order valence-electron chi connectivity index (χ1n) is 6.92. The van der Waals surface area contributed by atoms with Gasteiger partial charge in [-0.25, -0.2) is 0 Å². The lowest BCUT2D eigenvalue weighted by atomic mass is 10.1. The van der Waals surface area contributed by atoms with Crippen LogP contribution in [0.25, 0.3) is 11.1 Å². The van der Waals surface area contributed by atoms with E-state index in [2.05, 4.69) is 0 Å². The van der Waals surface area contributed by atoms with Crippen LogP contribution in [0.3, 0.4) is 0 Å². The van der Waals surface area contributed by atoms with Crippen LogP contribution in [0.2, 0.25) is 0 Å². The largest absolute Gasteiger partial charge is 0.768 e. The van der Waals surface area contributed by atoms with Crippen LogP contribution in [0.5, 0.6) is 0 Å². The van der Waals surface area contributed by atoms with Gasteiger partial charge in [-0.15, -0.1) is 0 Å². The number of hydrogen-bond acceptors (Lipinski definition) is 4. The van der Waals surface area contributed by atoms with Crippen molar-refractivity contribution in [3.63, 3.8) is 0 Å². The van der Waals surface area contributed by atoms with Crippen molar-refractivity contribution in [1.29, 1.82) is 0 Å². The molecule has 5 heteroatoms. The molecule has 118 valence electrons. The lowest BCUT2D eigenvalue weighted by Gasteiger charge is -2.02. The Morgan fingerprint density at radius 2 is 1.04 bits per heavy atom. The maximum Gasteiger partial charge on any atom is 0.0314 e. The van der Waals surface area contributed by atoms with Gasteiger partial charge in [0.15, 0.2) is 0 Å². The molecule has 0 heterocycles. The molecule has 0 aromatic heterocycles. The van der Waals surface area contributed by atoms with E-state index in [0.29, 0.717) is 4.90 Å². The number of nitrogen functional groups attached to an aromatic ring is 2. The van der Waals surface area contributed by atoms with Crippen LogP contribution in [-0.4, -0.2) is 8.76 Å². The third-order valence-corrected chi connectivity index (χ3v) is 3.75. The summed E-state index contributed by atoms with van der Waals surface area (Å²) in [6, 6.07) is 23.8. The second-order valence-electron chi connectivity index (χ2n) is 4.79. The lowest BCUT2D eigenvalue weighted by Crippen LogP contribution is -1.85. The highest BCUT2D eigenvalue weighted by Crippen LogP contribution is 2.21. The van der Waals surface area contributed by atoms with E-state index in [1.807, 2.05) is 48.5 Å². The molecular formula is C18H17N2O2S-. The SMILES string of the molecule is Nc1ccc(-c2ccc(N)cc2)cc1.O=S([O-])c1ccccc1. The van der Waals surface area contributed by atoms with Crippen LogP contribution in [0.15, 0.2) is 83.8 Å². The first-order valence-corrected chi connectivity index (χ1v) is 7.99. The molecule has 3 aromatic rings. The standard InChI is InChI=1S/C12H12N2.C6H6O2S/c13-11-5-1-9(2-6-11)10-3-7-12(14)8-4-10;7-9(8)6-4-2-1-3-5-6/h1-8H,13-14H2;1-5H,(H,7,8)/p-1. The topological polar surface area (TPSA) is 92.2 Å². The van der Waals surface area contributed by atoms with Crippen LogP contribution >= 0.6 is 0 Å². The minimum atomic E-state index is -2.08. The lowest BCUT2D eigenvalue weighted by molar-refractivity contribution is 0.537. The van der Waals surface area contributed by atoms with Crippen molar-refractivity contribution in [1.82, 2.24) is 0 Å². The van der Waals surface area contributed by atoms with Crippen LogP contribution in [0, 0.1) is 0 Å². The van der Waals surface area contributed by atoms with E-state index in [0.717, 1.165) is 22.5 Å². The van der Waals surface area contributed by atoms with Crippen LogP contribution < -0.4 is 11.5 Å². The molecule has 0 saturated heterocycles. The molecule has 0 aliphatic rings. The highest BCUT2D eigenvalue weighted by molar-refractivity contribution is 7.79. The van der Waals surface area contributed by atoms with E-state index < -0.39 is 11.1 Å². The van der Waals surface area contributed by atoms with Crippen LogP contribution in [0.1, 0.15) is 0 Å². The van der Waals surface area contributed by atoms with Gasteiger partial charge in [-0.05, 0) is 58.6 Å². The fraction of sp³-hybridized carbons (Fsp3) is 0. The summed E-state index contributed by atoms with van der Waals surface area (Å²) < 4.78 is 20.4. The fourth-order valence-electron chi connectivity index (χ4n) is 1.88. The number of hydrogen-bond donors (Lipinski definition) is 2. The predicted molar refractivity (Wildman–Crippen MR) is 94.3 cm³/mol. The Balaban J connectivity index is 0.000000185. The van der Waals surface area contributed by atoms with E-state index >= 15 is 0 Å². The number of benzene rings is 3. The van der Waals surface area contributed by atoms with E-state index in [1.165, 1.54) is 0 Å². The summed E-state index contributed by atoms with van der Waals surface area (Å²) in [5.74, 6) is 0. The van der Waals surface area contributed by atoms with E-state index in [1.54, 1.807) is 30.3 Å². The summed E-state index contributed by atoms with van der Waals surface area (Å²) in [4.78, 5) is 0.331. The number of rotatable bonds is 2. The summed E-state index contributed by atoms with van der Waals surface area (Å²) in [5, 5.41) is 0. The monoisotopic (exact) mass is 325 g/mol. The zero-order chi connectivity index (χ0) is 16.7. The average Bonchev–Trinajstić information content (AvgIpc) is 2.58. The minimum absolute atomic E-state index is 0.331. The normalized spacial score (nSPS) is 11.2. The third-order valence-electron chi connectivity index (χ3n) is 3.09. The van der Waals surface area contributed by atoms with Gasteiger partial charge in [0.1, 0.15) is 0 Å². The molecule has 4 N–H and O–H groups in total. The Morgan fingerprint density at radius 1 is 0.652 bits per heavy atom. The molecule has 3 aromatic carbocycles. The summed E-state index contributed by atoms with van der Waals surface area (Å²) in [5.41, 5.74) is 15.1. The van der Waals surface area contributed by atoms with Crippen molar-refractivity contribution < 1.29 is 8.76 Å². The van der Waals surface area contributed by atoms with Crippen molar-refractivity contribution in [3.8, 4) is 11.1 Å². The highest BCUT2D eigenvalue weighted by Gasteiger charge is 1.95. The summed E-state index contributed by atoms with van der Waals surface area (Å²) in [6.45, 7) is 0. The van der Waals surface area contributed by atoms with Crippen molar-refractivity contribution >= 4 is 22.5 Å². The molecule has 3 rings (SSSR count). The molecule has 0 aliphatic heterocycles. The molecule has 0 spiro atoms. The van der Waals surface area contributed by atoms with E-state index in [4.69, 9.17) is 11.5 Å². The first kappa shape index (κ1) is 16.7. The molecule has 1 unspecified atom stereocenters. The smallest absolute Gasteiger partial charge is 0.0314 e. The molecule has 0 bridgehead atoms. The van der Waals surface area contributed by atoms with Crippen molar-refractivity contribution in [2.24, 2.45) is 0 Å². The van der Waals surface area contributed by atoms with Gasteiger partial charge in [0.05, 0.1) is 0 Å². The van der Waals surface area contributed by atoms with Gasteiger partial charge < -0.3 is 16.0 Å². The quantitative estimate of drug-likeness (QED) is 0.557. The molecular weight excluding hydrogens is 308 g/mol. The fourth-order valence-corrected chi connectivity index (χ4v) is 2.26. The zero-order valence-corrected chi connectivity index (χ0v) is 13.2. The Labute approximate surface area is 138 Å². The van der Waals surface area contributed by atoms with E-state index in [-0.39, 0.29) is 0 Å². The van der Waals surface area contributed by atoms with Crippen LogP contribution in [0.4, 0.5) is 11.4 Å². The van der Waals surface area contributed by atoms with Gasteiger partial charge in [0, 0.05) is 16.3 Å². The van der Waals surface area contributed by atoms with E-state index in [9.17, 15) is 8.76 Å². The molecule has 0 amide bonds. The Bertz CT molecular complexity index is 714. The molecule has 0 radical (unpaired) electrons. The molecule has 1 atom stereocenters. The second-order valence-corrected chi connectivity index (χ2v) is 5.73. The first-order chi connectivity index (χ1) is 11.1. The molecule has 4 nitrogen and oxygen atoms in total. The Morgan fingerprint density at radius 3 is 1.35 bits per heavy atom. The van der Waals surface area contributed by atoms with Crippen LogP contribution in [-0.2, 0) is 11.1 Å². The van der Waals surface area contributed by atoms with Gasteiger partial charge in [0.25, 0.3) is 0 Å².